The molecule has 0 unspecified atom stereocenters. The van der Waals surface area contributed by atoms with Gasteiger partial charge in [-0.15, -0.1) is 0 Å². The summed E-state index contributed by atoms with van der Waals surface area (Å²) in [4.78, 5) is 31.9. The fourth-order valence-corrected chi connectivity index (χ4v) is 2.75. The number of rotatable bonds is 5. The van der Waals surface area contributed by atoms with Gasteiger partial charge in [0.15, 0.2) is 0 Å². The van der Waals surface area contributed by atoms with Crippen molar-refractivity contribution in [2.75, 3.05) is 33.7 Å². The van der Waals surface area contributed by atoms with E-state index in [1.54, 1.807) is 25.2 Å². The van der Waals surface area contributed by atoms with Gasteiger partial charge >= 0.3 is 5.91 Å². The van der Waals surface area contributed by atoms with Crippen LogP contribution in [0.4, 0.5) is 0 Å². The zero-order valence-electron chi connectivity index (χ0n) is 16.0. The summed E-state index contributed by atoms with van der Waals surface area (Å²) in [7, 11) is 3.55. The summed E-state index contributed by atoms with van der Waals surface area (Å²) in [5, 5.41) is 3.01. The van der Waals surface area contributed by atoms with Gasteiger partial charge in [0.25, 0.3) is 5.89 Å². The molecule has 2 amide bonds. The Morgan fingerprint density at radius 1 is 1.32 bits per heavy atom. The molecule has 1 fully saturated rings. The number of carbonyl (C=O) groups is 2. The fraction of sp³-hybridized carbons (Fsp3) is 0.722. The van der Waals surface area contributed by atoms with E-state index in [-0.39, 0.29) is 29.2 Å². The largest absolute Gasteiger partial charge is 0.437 e. The molecule has 0 spiro atoms. The molecule has 0 atom stereocenters. The normalized spacial score (nSPS) is 16.7. The predicted octanol–water partition coefficient (Wildman–Crippen LogP) is 1.64. The van der Waals surface area contributed by atoms with Crippen molar-refractivity contribution in [2.45, 2.75) is 51.5 Å². The Hall–Kier alpha value is -1.89. The molecule has 25 heavy (non-hydrogen) atoms. The fourth-order valence-electron chi connectivity index (χ4n) is 2.75. The van der Waals surface area contributed by atoms with Crippen LogP contribution in [0, 0.1) is 0 Å². The van der Waals surface area contributed by atoms with E-state index in [0.29, 0.717) is 12.2 Å². The SMILES string of the molecule is CN(C)C(=O)CCN1CCC(NC(=O)c2ncc(C(C)(C)C)o2)CC1. The van der Waals surface area contributed by atoms with E-state index in [1.165, 1.54) is 0 Å². The van der Waals surface area contributed by atoms with E-state index in [4.69, 9.17) is 4.42 Å². The Morgan fingerprint density at radius 3 is 2.48 bits per heavy atom. The van der Waals surface area contributed by atoms with Crippen molar-refractivity contribution >= 4 is 11.8 Å². The summed E-state index contributed by atoms with van der Waals surface area (Å²) < 4.78 is 5.58. The number of oxazole rings is 1. The minimum absolute atomic E-state index is 0.123. The van der Waals surface area contributed by atoms with Gasteiger partial charge in [0.2, 0.25) is 5.91 Å². The standard InChI is InChI=1S/C18H30N4O3/c1-18(2,3)14-12-19-17(25-14)16(24)20-13-6-9-22(10-7-13)11-8-15(23)21(4)5/h12-13H,6-11H2,1-5H3,(H,20,24). The molecular weight excluding hydrogens is 320 g/mol. The summed E-state index contributed by atoms with van der Waals surface area (Å²) in [5.74, 6) is 0.729. The third-order valence-electron chi connectivity index (χ3n) is 4.50. The molecule has 1 aromatic heterocycles. The van der Waals surface area contributed by atoms with Crippen LogP contribution in [-0.4, -0.2) is 66.4 Å². The lowest BCUT2D eigenvalue weighted by molar-refractivity contribution is -0.129. The van der Waals surface area contributed by atoms with Crippen molar-refractivity contribution in [3.8, 4) is 0 Å². The van der Waals surface area contributed by atoms with E-state index in [1.807, 2.05) is 20.8 Å². The highest BCUT2D eigenvalue weighted by atomic mass is 16.4. The van der Waals surface area contributed by atoms with Gasteiger partial charge in [-0.25, -0.2) is 4.98 Å². The lowest BCUT2D eigenvalue weighted by Crippen LogP contribution is -2.45. The van der Waals surface area contributed by atoms with Gasteiger partial charge in [0, 0.05) is 51.6 Å². The highest BCUT2D eigenvalue weighted by Crippen LogP contribution is 2.22. The monoisotopic (exact) mass is 350 g/mol. The topological polar surface area (TPSA) is 78.7 Å². The first-order valence-electron chi connectivity index (χ1n) is 8.86. The third kappa shape index (κ3) is 5.56. The van der Waals surface area contributed by atoms with E-state index >= 15 is 0 Å². The molecule has 1 aliphatic heterocycles. The van der Waals surface area contributed by atoms with Crippen molar-refractivity contribution in [3.05, 3.63) is 17.8 Å². The molecule has 7 nitrogen and oxygen atoms in total. The number of hydrogen-bond donors (Lipinski definition) is 1. The third-order valence-corrected chi connectivity index (χ3v) is 4.50. The van der Waals surface area contributed by atoms with Gasteiger partial charge in [-0.2, -0.15) is 0 Å². The number of likely N-dealkylation sites (tertiary alicyclic amines) is 1. The van der Waals surface area contributed by atoms with Crippen LogP contribution in [0.1, 0.15) is 56.5 Å². The summed E-state index contributed by atoms with van der Waals surface area (Å²) in [6.07, 6.45) is 3.90. The Balaban J connectivity index is 1.77. The minimum atomic E-state index is -0.253. The Morgan fingerprint density at radius 2 is 1.96 bits per heavy atom. The summed E-state index contributed by atoms with van der Waals surface area (Å²) >= 11 is 0. The van der Waals surface area contributed by atoms with Crippen molar-refractivity contribution in [1.82, 2.24) is 20.1 Å². The molecule has 140 valence electrons. The molecule has 0 aromatic carbocycles. The van der Waals surface area contributed by atoms with Gasteiger partial charge < -0.3 is 19.5 Å². The number of nitrogens with one attached hydrogen (secondary N) is 1. The summed E-state index contributed by atoms with van der Waals surface area (Å²) in [6, 6.07) is 0.123. The molecule has 2 heterocycles. The van der Waals surface area contributed by atoms with E-state index in [9.17, 15) is 9.59 Å². The van der Waals surface area contributed by atoms with Gasteiger partial charge in [-0.3, -0.25) is 9.59 Å². The number of aromatic nitrogens is 1. The first-order valence-corrected chi connectivity index (χ1v) is 8.86. The molecule has 1 aliphatic rings. The van der Waals surface area contributed by atoms with Crippen LogP contribution in [0.5, 0.6) is 0 Å². The lowest BCUT2D eigenvalue weighted by Gasteiger charge is -2.32. The summed E-state index contributed by atoms with van der Waals surface area (Å²) in [6.45, 7) is 8.59. The molecule has 0 bridgehead atoms. The second-order valence-corrected chi connectivity index (χ2v) is 7.91. The zero-order chi connectivity index (χ0) is 18.6. The van der Waals surface area contributed by atoms with Gasteiger partial charge in [0.05, 0.1) is 6.20 Å². The number of amides is 2. The second-order valence-electron chi connectivity index (χ2n) is 7.91. The van der Waals surface area contributed by atoms with Crippen LogP contribution >= 0.6 is 0 Å². The first kappa shape index (κ1) is 19.4. The van der Waals surface area contributed by atoms with Gasteiger partial charge in [-0.05, 0) is 12.8 Å². The Labute approximate surface area is 149 Å². The van der Waals surface area contributed by atoms with Crippen molar-refractivity contribution in [1.29, 1.82) is 0 Å². The van der Waals surface area contributed by atoms with Crippen molar-refractivity contribution < 1.29 is 14.0 Å². The molecule has 2 rings (SSSR count). The number of nitrogens with zero attached hydrogens (tertiary/aromatic N) is 3. The maximum absolute atomic E-state index is 12.3. The lowest BCUT2D eigenvalue weighted by atomic mass is 9.94. The number of hydrogen-bond acceptors (Lipinski definition) is 5. The average molecular weight is 350 g/mol. The van der Waals surface area contributed by atoms with E-state index in [2.05, 4.69) is 15.2 Å². The Bertz CT molecular complexity index is 596. The predicted molar refractivity (Wildman–Crippen MR) is 95.4 cm³/mol. The van der Waals surface area contributed by atoms with Gasteiger partial charge in [-0.1, -0.05) is 20.8 Å². The number of piperidine rings is 1. The van der Waals surface area contributed by atoms with Crippen LogP contribution in [0.15, 0.2) is 10.6 Å². The average Bonchev–Trinajstić information content (AvgIpc) is 3.04. The van der Waals surface area contributed by atoms with Crippen LogP contribution < -0.4 is 5.32 Å². The van der Waals surface area contributed by atoms with Crippen LogP contribution in [0.25, 0.3) is 0 Å². The number of carbonyl (C=O) groups excluding carboxylic acids is 2. The second kappa shape index (κ2) is 7.99. The first-order chi connectivity index (χ1) is 11.7. The maximum atomic E-state index is 12.3. The smallest absolute Gasteiger partial charge is 0.307 e. The zero-order valence-corrected chi connectivity index (χ0v) is 16.0. The van der Waals surface area contributed by atoms with Crippen LogP contribution in [0.2, 0.25) is 0 Å². The molecule has 1 N–H and O–H groups in total. The minimum Gasteiger partial charge on any atom is -0.437 e. The maximum Gasteiger partial charge on any atom is 0.307 e. The molecule has 0 saturated carbocycles. The molecule has 1 aromatic rings. The van der Waals surface area contributed by atoms with E-state index < -0.39 is 0 Å². The molecular formula is C18H30N4O3. The molecule has 0 aliphatic carbocycles. The van der Waals surface area contributed by atoms with Crippen molar-refractivity contribution in [3.63, 3.8) is 0 Å². The van der Waals surface area contributed by atoms with Crippen LogP contribution in [-0.2, 0) is 10.2 Å². The van der Waals surface area contributed by atoms with E-state index in [0.717, 1.165) is 32.5 Å². The highest BCUT2D eigenvalue weighted by molar-refractivity contribution is 5.89. The summed E-state index contributed by atoms with van der Waals surface area (Å²) in [5.41, 5.74) is -0.166. The van der Waals surface area contributed by atoms with Crippen LogP contribution in [0.3, 0.4) is 0 Å². The van der Waals surface area contributed by atoms with Crippen molar-refractivity contribution in [2.24, 2.45) is 0 Å². The van der Waals surface area contributed by atoms with Gasteiger partial charge in [0.1, 0.15) is 5.76 Å². The quantitative estimate of drug-likeness (QED) is 0.873. The molecule has 7 heteroatoms. The highest BCUT2D eigenvalue weighted by Gasteiger charge is 2.25. The molecule has 0 radical (unpaired) electrons. The Kier molecular flexibility index (Phi) is 6.21. The molecule has 1 saturated heterocycles.